The van der Waals surface area contributed by atoms with Crippen LogP contribution in [0.25, 0.3) is 16.6 Å². The Balaban J connectivity index is 2.44. The third-order valence-corrected chi connectivity index (χ3v) is 3.51. The monoisotopic (exact) mass is 316 g/mol. The van der Waals surface area contributed by atoms with Crippen molar-refractivity contribution in [3.63, 3.8) is 0 Å². The number of para-hydroxylation sites is 2. The average molecular weight is 317 g/mol. The van der Waals surface area contributed by atoms with Crippen LogP contribution in [0, 0.1) is 0 Å². The molecule has 0 amide bonds. The lowest BCUT2D eigenvalue weighted by molar-refractivity contribution is 0.339. The predicted octanol–water partition coefficient (Wildman–Crippen LogP) is 2.73. The maximum absolute atomic E-state index is 12.3. The average Bonchev–Trinajstić information content (AvgIpc) is 2.49. The number of aromatic nitrogens is 2. The van der Waals surface area contributed by atoms with Gasteiger partial charge in [-0.1, -0.05) is 23.7 Å². The highest BCUT2D eigenvalue weighted by Gasteiger charge is 2.13. The summed E-state index contributed by atoms with van der Waals surface area (Å²) >= 11 is 6.02. The second-order valence-corrected chi connectivity index (χ2v) is 5.09. The number of benzene rings is 2. The molecule has 0 aliphatic carbocycles. The van der Waals surface area contributed by atoms with Crippen molar-refractivity contribution < 1.29 is 4.74 Å². The number of halogens is 1. The number of fused-ring (bicyclic) bond motifs is 1. The third-order valence-electron chi connectivity index (χ3n) is 3.27. The Bertz CT molecular complexity index is 959. The van der Waals surface area contributed by atoms with E-state index in [9.17, 15) is 9.59 Å². The highest BCUT2D eigenvalue weighted by Crippen LogP contribution is 2.25. The van der Waals surface area contributed by atoms with Gasteiger partial charge in [0.25, 0.3) is 5.56 Å². The molecule has 1 aromatic heterocycles. The van der Waals surface area contributed by atoms with Gasteiger partial charge in [-0.2, -0.15) is 0 Å². The van der Waals surface area contributed by atoms with Crippen LogP contribution < -0.4 is 16.0 Å². The third kappa shape index (κ3) is 2.40. The van der Waals surface area contributed by atoms with Crippen LogP contribution in [-0.2, 0) is 0 Å². The molecule has 0 fully saturated rings. The number of aromatic amines is 1. The fraction of sp³-hybridized carbons (Fsp3) is 0.125. The Morgan fingerprint density at radius 3 is 2.73 bits per heavy atom. The Hall–Kier alpha value is -2.53. The summed E-state index contributed by atoms with van der Waals surface area (Å²) in [5.41, 5.74) is 0.0139. The van der Waals surface area contributed by atoms with Crippen LogP contribution in [0.5, 0.6) is 5.75 Å². The van der Waals surface area contributed by atoms with Crippen molar-refractivity contribution >= 4 is 22.5 Å². The summed E-state index contributed by atoms with van der Waals surface area (Å²) in [6.45, 7) is 2.33. The highest BCUT2D eigenvalue weighted by atomic mass is 35.5. The van der Waals surface area contributed by atoms with E-state index in [1.807, 2.05) is 13.0 Å². The number of hydrogen-bond donors (Lipinski definition) is 1. The fourth-order valence-electron chi connectivity index (χ4n) is 2.37. The Morgan fingerprint density at radius 2 is 1.95 bits per heavy atom. The van der Waals surface area contributed by atoms with Gasteiger partial charge in [0.2, 0.25) is 0 Å². The summed E-state index contributed by atoms with van der Waals surface area (Å²) in [5.74, 6) is 0.556. The molecule has 1 heterocycles. The predicted molar refractivity (Wildman–Crippen MR) is 86.3 cm³/mol. The van der Waals surface area contributed by atoms with E-state index in [4.69, 9.17) is 16.3 Å². The van der Waals surface area contributed by atoms with Crippen LogP contribution in [0.2, 0.25) is 5.02 Å². The van der Waals surface area contributed by atoms with Crippen molar-refractivity contribution in [2.45, 2.75) is 6.92 Å². The van der Waals surface area contributed by atoms with Crippen LogP contribution in [0.15, 0.2) is 52.1 Å². The van der Waals surface area contributed by atoms with Crippen molar-refractivity contribution in [2.75, 3.05) is 6.61 Å². The smallest absolute Gasteiger partial charge is 0.333 e. The number of hydrogen-bond acceptors (Lipinski definition) is 3. The van der Waals surface area contributed by atoms with Gasteiger partial charge in [0, 0.05) is 5.02 Å². The largest absolute Gasteiger partial charge is 0.492 e. The molecule has 3 aromatic rings. The molecule has 2 aromatic carbocycles. The van der Waals surface area contributed by atoms with E-state index in [-0.39, 0.29) is 0 Å². The molecule has 3 rings (SSSR count). The number of ether oxygens (including phenoxy) is 1. The van der Waals surface area contributed by atoms with Gasteiger partial charge in [0.05, 0.1) is 23.2 Å². The van der Waals surface area contributed by atoms with Crippen molar-refractivity contribution in [1.82, 2.24) is 9.55 Å². The Labute approximate surface area is 130 Å². The zero-order chi connectivity index (χ0) is 15.7. The number of nitrogens with zero attached hydrogens (tertiary/aromatic N) is 1. The molecule has 22 heavy (non-hydrogen) atoms. The van der Waals surface area contributed by atoms with Crippen LogP contribution in [0.1, 0.15) is 6.92 Å². The second-order valence-electron chi connectivity index (χ2n) is 4.66. The maximum atomic E-state index is 12.3. The van der Waals surface area contributed by atoms with Gasteiger partial charge in [-0.25, -0.2) is 4.79 Å². The van der Waals surface area contributed by atoms with Crippen LogP contribution in [0.3, 0.4) is 0 Å². The van der Waals surface area contributed by atoms with Crippen LogP contribution in [0.4, 0.5) is 0 Å². The van der Waals surface area contributed by atoms with E-state index < -0.39 is 11.2 Å². The molecule has 0 saturated carbocycles. The van der Waals surface area contributed by atoms with Crippen molar-refractivity contribution in [3.05, 3.63) is 68.3 Å². The quantitative estimate of drug-likeness (QED) is 0.808. The summed E-state index contributed by atoms with van der Waals surface area (Å²) in [7, 11) is 0. The molecule has 6 heteroatoms. The molecule has 0 atom stereocenters. The molecule has 1 N–H and O–H groups in total. The molecule has 0 saturated heterocycles. The lowest BCUT2D eigenvalue weighted by atomic mass is 10.2. The molecule has 5 nitrogen and oxygen atoms in total. The molecular weight excluding hydrogens is 304 g/mol. The molecule has 0 bridgehead atoms. The zero-order valence-electron chi connectivity index (χ0n) is 11.8. The van der Waals surface area contributed by atoms with E-state index >= 15 is 0 Å². The minimum absolute atomic E-state index is 0.385. The van der Waals surface area contributed by atoms with Gasteiger partial charge in [-0.15, -0.1) is 0 Å². The van der Waals surface area contributed by atoms with Crippen molar-refractivity contribution in [3.8, 4) is 11.4 Å². The molecule has 0 spiro atoms. The van der Waals surface area contributed by atoms with Crippen molar-refractivity contribution in [2.24, 2.45) is 0 Å². The highest BCUT2D eigenvalue weighted by molar-refractivity contribution is 6.31. The van der Waals surface area contributed by atoms with E-state index in [2.05, 4.69) is 4.98 Å². The Morgan fingerprint density at radius 1 is 1.18 bits per heavy atom. The lowest BCUT2D eigenvalue weighted by Gasteiger charge is -2.14. The minimum Gasteiger partial charge on any atom is -0.492 e. The van der Waals surface area contributed by atoms with Gasteiger partial charge < -0.3 is 4.74 Å². The van der Waals surface area contributed by atoms with E-state index in [1.165, 1.54) is 4.57 Å². The van der Waals surface area contributed by atoms with Gasteiger partial charge in [-0.3, -0.25) is 14.3 Å². The minimum atomic E-state index is -0.535. The molecule has 0 aliphatic heterocycles. The summed E-state index contributed by atoms with van der Waals surface area (Å²) in [6.07, 6.45) is 0. The molecule has 0 radical (unpaired) electrons. The molecule has 0 unspecified atom stereocenters. The van der Waals surface area contributed by atoms with E-state index in [1.54, 1.807) is 36.4 Å². The zero-order valence-corrected chi connectivity index (χ0v) is 12.6. The first-order chi connectivity index (χ1) is 10.6. The van der Waals surface area contributed by atoms with Crippen molar-refractivity contribution in [1.29, 1.82) is 0 Å². The Kier molecular flexibility index (Phi) is 3.73. The van der Waals surface area contributed by atoms with Gasteiger partial charge in [0.1, 0.15) is 5.75 Å². The lowest BCUT2D eigenvalue weighted by Crippen LogP contribution is -2.29. The number of H-pyrrole nitrogens is 1. The molecular formula is C16H13ClN2O3. The first-order valence-electron chi connectivity index (χ1n) is 6.78. The molecule has 112 valence electrons. The number of nitrogens with one attached hydrogen (secondary N) is 1. The first-order valence-corrected chi connectivity index (χ1v) is 7.16. The fourth-order valence-corrected chi connectivity index (χ4v) is 2.54. The topological polar surface area (TPSA) is 64.1 Å². The van der Waals surface area contributed by atoms with E-state index in [0.29, 0.717) is 34.0 Å². The summed E-state index contributed by atoms with van der Waals surface area (Å²) < 4.78 is 6.97. The second kappa shape index (κ2) is 5.69. The maximum Gasteiger partial charge on any atom is 0.333 e. The standard InChI is InChI=1S/C16H13ClN2O3/c1-2-22-14-6-4-3-5-12(14)19-13-9-10(17)7-8-11(13)15(20)18-16(19)21/h3-9H,2H2,1H3,(H,18,20,21). The summed E-state index contributed by atoms with van der Waals surface area (Å²) in [5, 5.41) is 0.829. The molecule has 0 aliphatic rings. The normalized spacial score (nSPS) is 10.8. The summed E-state index contributed by atoms with van der Waals surface area (Å²) in [6, 6.07) is 11.9. The SMILES string of the molecule is CCOc1ccccc1-n1c(=O)[nH]c(=O)c2ccc(Cl)cc21. The summed E-state index contributed by atoms with van der Waals surface area (Å²) in [4.78, 5) is 26.6. The van der Waals surface area contributed by atoms with Crippen LogP contribution >= 0.6 is 11.6 Å². The van der Waals surface area contributed by atoms with Gasteiger partial charge in [-0.05, 0) is 37.3 Å². The van der Waals surface area contributed by atoms with E-state index in [0.717, 1.165) is 0 Å². The first kappa shape index (κ1) is 14.4. The number of rotatable bonds is 3. The van der Waals surface area contributed by atoms with Crippen LogP contribution in [-0.4, -0.2) is 16.2 Å². The van der Waals surface area contributed by atoms with Gasteiger partial charge in [0.15, 0.2) is 0 Å². The van der Waals surface area contributed by atoms with Gasteiger partial charge >= 0.3 is 5.69 Å².